The van der Waals surface area contributed by atoms with Gasteiger partial charge in [-0.25, -0.2) is 0 Å². The van der Waals surface area contributed by atoms with E-state index in [1.165, 1.54) is 19.3 Å². The first-order valence-electron chi connectivity index (χ1n) is 6.90. The Kier molecular flexibility index (Phi) is 4.01. The van der Waals surface area contributed by atoms with E-state index in [1.54, 1.807) is 0 Å². The molecule has 0 saturated heterocycles. The molecular formula is C14H25NO. The van der Waals surface area contributed by atoms with Crippen LogP contribution in [-0.4, -0.2) is 18.9 Å². The highest BCUT2D eigenvalue weighted by molar-refractivity contribution is 5.83. The summed E-state index contributed by atoms with van der Waals surface area (Å²) < 4.78 is 0. The van der Waals surface area contributed by atoms with Gasteiger partial charge in [0.25, 0.3) is 0 Å². The zero-order valence-corrected chi connectivity index (χ0v) is 10.7. The van der Waals surface area contributed by atoms with Crippen LogP contribution in [0.15, 0.2) is 0 Å². The molecule has 0 aliphatic heterocycles. The molecule has 0 amide bonds. The van der Waals surface area contributed by atoms with E-state index < -0.39 is 0 Å². The average molecular weight is 223 g/mol. The van der Waals surface area contributed by atoms with Gasteiger partial charge in [-0.2, -0.15) is 0 Å². The molecule has 2 saturated carbocycles. The highest BCUT2D eigenvalue weighted by Gasteiger charge is 2.29. The summed E-state index contributed by atoms with van der Waals surface area (Å²) >= 11 is 0. The summed E-state index contributed by atoms with van der Waals surface area (Å²) in [6.45, 7) is 6.28. The van der Waals surface area contributed by atoms with Gasteiger partial charge in [0.1, 0.15) is 5.78 Å². The average Bonchev–Trinajstić information content (AvgIpc) is 3.06. The lowest BCUT2D eigenvalue weighted by Crippen LogP contribution is -2.33. The first kappa shape index (κ1) is 12.1. The van der Waals surface area contributed by atoms with Crippen molar-refractivity contribution < 1.29 is 4.79 Å². The molecule has 0 aromatic carbocycles. The van der Waals surface area contributed by atoms with Crippen molar-refractivity contribution >= 4 is 5.78 Å². The summed E-state index contributed by atoms with van der Waals surface area (Å²) in [6.07, 6.45) is 6.19. The van der Waals surface area contributed by atoms with Crippen molar-refractivity contribution in [2.75, 3.05) is 13.1 Å². The SMILES string of the molecule is CC1CCC(C(=O)CNCC2CC2)CC1C. The van der Waals surface area contributed by atoms with Gasteiger partial charge in [0.2, 0.25) is 0 Å². The molecule has 0 aromatic heterocycles. The maximum Gasteiger partial charge on any atom is 0.149 e. The normalized spacial score (nSPS) is 35.0. The molecule has 0 bridgehead atoms. The lowest BCUT2D eigenvalue weighted by molar-refractivity contribution is -0.123. The Morgan fingerprint density at radius 3 is 2.50 bits per heavy atom. The van der Waals surface area contributed by atoms with Crippen molar-refractivity contribution in [1.29, 1.82) is 0 Å². The van der Waals surface area contributed by atoms with Crippen molar-refractivity contribution in [3.63, 3.8) is 0 Å². The van der Waals surface area contributed by atoms with E-state index in [4.69, 9.17) is 0 Å². The lowest BCUT2D eigenvalue weighted by Gasteiger charge is -2.31. The Hall–Kier alpha value is -0.370. The van der Waals surface area contributed by atoms with Crippen LogP contribution in [-0.2, 0) is 4.79 Å². The van der Waals surface area contributed by atoms with Crippen LogP contribution in [0.2, 0.25) is 0 Å². The van der Waals surface area contributed by atoms with Crippen molar-refractivity contribution in [2.45, 2.75) is 46.0 Å². The van der Waals surface area contributed by atoms with Gasteiger partial charge in [-0.15, -0.1) is 0 Å². The zero-order chi connectivity index (χ0) is 11.5. The molecule has 0 aromatic rings. The first-order valence-corrected chi connectivity index (χ1v) is 6.90. The van der Waals surface area contributed by atoms with E-state index in [0.717, 1.165) is 37.1 Å². The van der Waals surface area contributed by atoms with Gasteiger partial charge in [-0.1, -0.05) is 13.8 Å². The van der Waals surface area contributed by atoms with E-state index in [0.29, 0.717) is 18.2 Å². The molecule has 3 unspecified atom stereocenters. The maximum atomic E-state index is 12.0. The standard InChI is InChI=1S/C14H25NO/c1-10-3-6-13(7-11(10)2)14(16)9-15-8-12-4-5-12/h10-13,15H,3-9H2,1-2H3. The minimum absolute atomic E-state index is 0.345. The van der Waals surface area contributed by atoms with E-state index in [1.807, 2.05) is 0 Å². The number of Topliss-reactive ketones (excluding diaryl/α,β-unsaturated/α-hetero) is 1. The quantitative estimate of drug-likeness (QED) is 0.776. The van der Waals surface area contributed by atoms with Gasteiger partial charge in [-0.05, 0) is 56.4 Å². The number of carbonyl (C=O) groups excluding carboxylic acids is 1. The van der Waals surface area contributed by atoms with Crippen LogP contribution in [0.25, 0.3) is 0 Å². The first-order chi connectivity index (χ1) is 7.66. The molecule has 2 heteroatoms. The van der Waals surface area contributed by atoms with Crippen molar-refractivity contribution in [3.8, 4) is 0 Å². The molecule has 0 heterocycles. The number of hydrogen-bond donors (Lipinski definition) is 1. The Morgan fingerprint density at radius 2 is 1.88 bits per heavy atom. The number of nitrogens with one attached hydrogen (secondary N) is 1. The van der Waals surface area contributed by atoms with E-state index in [9.17, 15) is 4.79 Å². The van der Waals surface area contributed by atoms with Crippen LogP contribution >= 0.6 is 0 Å². The Morgan fingerprint density at radius 1 is 1.12 bits per heavy atom. The van der Waals surface area contributed by atoms with Crippen molar-refractivity contribution in [1.82, 2.24) is 5.32 Å². The fraction of sp³-hybridized carbons (Fsp3) is 0.929. The Balaban J connectivity index is 1.67. The Labute approximate surface area is 99.2 Å². The largest absolute Gasteiger partial charge is 0.310 e. The zero-order valence-electron chi connectivity index (χ0n) is 10.7. The molecule has 92 valence electrons. The maximum absolute atomic E-state index is 12.0. The number of rotatable bonds is 5. The summed E-state index contributed by atoms with van der Waals surface area (Å²) in [5.74, 6) is 3.21. The van der Waals surface area contributed by atoms with Crippen LogP contribution in [0.1, 0.15) is 46.0 Å². The third-order valence-electron chi connectivity index (χ3n) is 4.48. The predicted molar refractivity (Wildman–Crippen MR) is 66.3 cm³/mol. The van der Waals surface area contributed by atoms with Crippen molar-refractivity contribution in [3.05, 3.63) is 0 Å². The smallest absolute Gasteiger partial charge is 0.149 e. The van der Waals surface area contributed by atoms with Crippen LogP contribution in [0.4, 0.5) is 0 Å². The molecule has 2 fully saturated rings. The number of carbonyl (C=O) groups is 1. The molecule has 2 aliphatic rings. The minimum atomic E-state index is 0.345. The number of ketones is 1. The summed E-state index contributed by atoms with van der Waals surface area (Å²) in [7, 11) is 0. The number of hydrogen-bond acceptors (Lipinski definition) is 2. The van der Waals surface area contributed by atoms with Crippen molar-refractivity contribution in [2.24, 2.45) is 23.7 Å². The molecule has 2 rings (SSSR count). The van der Waals surface area contributed by atoms with Gasteiger partial charge < -0.3 is 5.32 Å². The summed E-state index contributed by atoms with van der Waals surface area (Å²) in [6, 6.07) is 0. The second-order valence-corrected chi connectivity index (χ2v) is 6.01. The van der Waals surface area contributed by atoms with Gasteiger partial charge in [0, 0.05) is 5.92 Å². The fourth-order valence-corrected chi connectivity index (χ4v) is 2.71. The molecule has 0 spiro atoms. The fourth-order valence-electron chi connectivity index (χ4n) is 2.71. The van der Waals surface area contributed by atoms with E-state index in [-0.39, 0.29) is 0 Å². The summed E-state index contributed by atoms with van der Waals surface area (Å²) in [5, 5.41) is 3.32. The van der Waals surface area contributed by atoms with Crippen LogP contribution in [0, 0.1) is 23.7 Å². The van der Waals surface area contributed by atoms with Gasteiger partial charge >= 0.3 is 0 Å². The summed E-state index contributed by atoms with van der Waals surface area (Å²) in [5.41, 5.74) is 0. The highest BCUT2D eigenvalue weighted by Crippen LogP contribution is 2.33. The third-order valence-corrected chi connectivity index (χ3v) is 4.48. The lowest BCUT2D eigenvalue weighted by atomic mass is 9.74. The monoisotopic (exact) mass is 223 g/mol. The van der Waals surface area contributed by atoms with E-state index in [2.05, 4.69) is 19.2 Å². The second-order valence-electron chi connectivity index (χ2n) is 6.01. The topological polar surface area (TPSA) is 29.1 Å². The molecule has 1 N–H and O–H groups in total. The van der Waals surface area contributed by atoms with Crippen LogP contribution < -0.4 is 5.32 Å². The molecular weight excluding hydrogens is 198 g/mol. The van der Waals surface area contributed by atoms with Gasteiger partial charge in [0.05, 0.1) is 6.54 Å². The molecule has 0 radical (unpaired) electrons. The minimum Gasteiger partial charge on any atom is -0.310 e. The van der Waals surface area contributed by atoms with Gasteiger partial charge in [-0.3, -0.25) is 4.79 Å². The molecule has 2 nitrogen and oxygen atoms in total. The predicted octanol–water partition coefficient (Wildman–Crippen LogP) is 2.63. The highest BCUT2D eigenvalue weighted by atomic mass is 16.1. The van der Waals surface area contributed by atoms with Crippen LogP contribution in [0.5, 0.6) is 0 Å². The molecule has 3 atom stereocenters. The van der Waals surface area contributed by atoms with Gasteiger partial charge in [0.15, 0.2) is 0 Å². The second kappa shape index (κ2) is 5.31. The van der Waals surface area contributed by atoms with Crippen LogP contribution in [0.3, 0.4) is 0 Å². The Bertz CT molecular complexity index is 247. The molecule has 16 heavy (non-hydrogen) atoms. The third kappa shape index (κ3) is 3.31. The summed E-state index contributed by atoms with van der Waals surface area (Å²) in [4.78, 5) is 12.0. The molecule has 2 aliphatic carbocycles. The van der Waals surface area contributed by atoms with E-state index >= 15 is 0 Å².